The first-order valence-electron chi connectivity index (χ1n) is 10.8. The van der Waals surface area contributed by atoms with E-state index in [1.807, 2.05) is 0 Å². The fourth-order valence-corrected chi connectivity index (χ4v) is 5.40. The van der Waals surface area contributed by atoms with Gasteiger partial charge in [-0.15, -0.1) is 0 Å². The van der Waals surface area contributed by atoms with Gasteiger partial charge in [0.25, 0.3) is 0 Å². The van der Waals surface area contributed by atoms with Crippen LogP contribution in [0.5, 0.6) is 0 Å². The fourth-order valence-electron chi connectivity index (χ4n) is 5.12. The Morgan fingerprint density at radius 1 is 0.926 bits per heavy atom. The van der Waals surface area contributed by atoms with Gasteiger partial charge in [-0.1, -0.05) is 73.8 Å². The molecule has 2 unspecified atom stereocenters. The minimum atomic E-state index is 0.511. The Morgan fingerprint density at radius 2 is 1.70 bits per heavy atom. The predicted octanol–water partition coefficient (Wildman–Crippen LogP) is 6.40. The summed E-state index contributed by atoms with van der Waals surface area (Å²) in [7, 11) is 0. The van der Waals surface area contributed by atoms with E-state index >= 15 is 0 Å². The molecule has 2 aromatic rings. The zero-order valence-corrected chi connectivity index (χ0v) is 17.2. The van der Waals surface area contributed by atoms with E-state index in [-0.39, 0.29) is 0 Å². The number of hydrogen-bond acceptors (Lipinski definition) is 1. The summed E-state index contributed by atoms with van der Waals surface area (Å²) in [6.45, 7) is 3.58. The maximum Gasteiger partial charge on any atom is 0.0440 e. The summed E-state index contributed by atoms with van der Waals surface area (Å²) in [5.41, 5.74) is 4.27. The van der Waals surface area contributed by atoms with Crippen LogP contribution in [0.15, 0.2) is 48.5 Å². The van der Waals surface area contributed by atoms with Gasteiger partial charge in [0.2, 0.25) is 0 Å². The molecule has 0 saturated heterocycles. The standard InChI is InChI=1S/C25H32ClN/c1-18-10-12-20(13-11-18)17-27-25-15-14-22-21(8-5-9-24(22)26)23(25)16-19-6-3-2-4-7-19/h2-9,18,20,23,25,27H,10-17H2,1H3. The van der Waals surface area contributed by atoms with Gasteiger partial charge >= 0.3 is 0 Å². The highest BCUT2D eigenvalue weighted by Crippen LogP contribution is 2.38. The largest absolute Gasteiger partial charge is 0.313 e. The molecular formula is C25H32ClN. The van der Waals surface area contributed by atoms with Crippen molar-refractivity contribution in [3.63, 3.8) is 0 Å². The highest BCUT2D eigenvalue weighted by atomic mass is 35.5. The van der Waals surface area contributed by atoms with Crippen LogP contribution >= 0.6 is 11.6 Å². The van der Waals surface area contributed by atoms with Crippen LogP contribution in [0.1, 0.15) is 61.6 Å². The van der Waals surface area contributed by atoms with Crippen molar-refractivity contribution in [1.82, 2.24) is 5.32 Å². The molecule has 0 aromatic heterocycles. The Bertz CT molecular complexity index is 733. The average molecular weight is 382 g/mol. The minimum Gasteiger partial charge on any atom is -0.313 e. The third-order valence-corrected chi connectivity index (χ3v) is 7.20. The molecule has 1 fully saturated rings. The van der Waals surface area contributed by atoms with Crippen molar-refractivity contribution in [2.24, 2.45) is 11.8 Å². The van der Waals surface area contributed by atoms with Crippen LogP contribution in [0.4, 0.5) is 0 Å². The lowest BCUT2D eigenvalue weighted by molar-refractivity contribution is 0.262. The van der Waals surface area contributed by atoms with Crippen LogP contribution in [-0.2, 0) is 12.8 Å². The molecule has 0 bridgehead atoms. The third-order valence-electron chi connectivity index (χ3n) is 6.85. The lowest BCUT2D eigenvalue weighted by Gasteiger charge is -2.37. The van der Waals surface area contributed by atoms with Crippen molar-refractivity contribution < 1.29 is 0 Å². The van der Waals surface area contributed by atoms with E-state index in [2.05, 4.69) is 60.8 Å². The molecule has 1 N–H and O–H groups in total. The van der Waals surface area contributed by atoms with Crippen LogP contribution in [0.25, 0.3) is 0 Å². The molecule has 4 rings (SSSR count). The first kappa shape index (κ1) is 19.0. The smallest absolute Gasteiger partial charge is 0.0440 e. The third kappa shape index (κ3) is 4.58. The Hall–Kier alpha value is -1.31. The summed E-state index contributed by atoms with van der Waals surface area (Å²) < 4.78 is 0. The average Bonchev–Trinajstić information content (AvgIpc) is 2.70. The van der Waals surface area contributed by atoms with Crippen molar-refractivity contribution in [2.75, 3.05) is 6.54 Å². The van der Waals surface area contributed by atoms with E-state index in [0.29, 0.717) is 12.0 Å². The highest BCUT2D eigenvalue weighted by molar-refractivity contribution is 6.31. The van der Waals surface area contributed by atoms with Crippen LogP contribution in [0.2, 0.25) is 5.02 Å². The molecule has 0 radical (unpaired) electrons. The number of benzene rings is 2. The molecule has 2 heteroatoms. The molecule has 0 amide bonds. The second-order valence-corrected chi connectivity index (χ2v) is 9.19. The monoisotopic (exact) mass is 381 g/mol. The van der Waals surface area contributed by atoms with E-state index in [0.717, 1.165) is 29.7 Å². The van der Waals surface area contributed by atoms with Crippen molar-refractivity contribution in [1.29, 1.82) is 0 Å². The van der Waals surface area contributed by atoms with Crippen LogP contribution in [0.3, 0.4) is 0 Å². The first-order chi connectivity index (χ1) is 13.2. The van der Waals surface area contributed by atoms with Crippen molar-refractivity contribution in [3.05, 3.63) is 70.2 Å². The number of rotatable bonds is 5. The van der Waals surface area contributed by atoms with Gasteiger partial charge in [-0.2, -0.15) is 0 Å². The SMILES string of the molecule is CC1CCC(CNC2CCc3c(Cl)cccc3C2Cc2ccccc2)CC1. The molecule has 0 aliphatic heterocycles. The van der Waals surface area contributed by atoms with Crippen molar-refractivity contribution in [2.45, 2.75) is 63.8 Å². The molecule has 27 heavy (non-hydrogen) atoms. The molecule has 2 atom stereocenters. The molecule has 1 nitrogen and oxygen atoms in total. The summed E-state index contributed by atoms with van der Waals surface area (Å²) in [5.74, 6) is 2.30. The topological polar surface area (TPSA) is 12.0 Å². The summed E-state index contributed by atoms with van der Waals surface area (Å²) >= 11 is 6.55. The minimum absolute atomic E-state index is 0.511. The van der Waals surface area contributed by atoms with Gasteiger partial charge in [-0.3, -0.25) is 0 Å². The predicted molar refractivity (Wildman–Crippen MR) is 116 cm³/mol. The summed E-state index contributed by atoms with van der Waals surface area (Å²) in [6, 6.07) is 18.0. The molecule has 2 aromatic carbocycles. The van der Waals surface area contributed by atoms with E-state index in [1.165, 1.54) is 55.3 Å². The van der Waals surface area contributed by atoms with Crippen LogP contribution in [-0.4, -0.2) is 12.6 Å². The quantitative estimate of drug-likeness (QED) is 0.632. The molecule has 0 heterocycles. The molecule has 2 aliphatic carbocycles. The second kappa shape index (κ2) is 8.80. The van der Waals surface area contributed by atoms with E-state index in [9.17, 15) is 0 Å². The normalized spacial score (nSPS) is 27.9. The molecule has 2 aliphatic rings. The highest BCUT2D eigenvalue weighted by Gasteiger charge is 2.31. The van der Waals surface area contributed by atoms with Crippen LogP contribution < -0.4 is 5.32 Å². The Kier molecular flexibility index (Phi) is 6.20. The molecular weight excluding hydrogens is 350 g/mol. The van der Waals surface area contributed by atoms with Gasteiger partial charge in [0.1, 0.15) is 0 Å². The fraction of sp³-hybridized carbons (Fsp3) is 0.520. The van der Waals surface area contributed by atoms with E-state index in [4.69, 9.17) is 11.6 Å². The lowest BCUT2D eigenvalue weighted by atomic mass is 9.75. The van der Waals surface area contributed by atoms with Gasteiger partial charge in [0.15, 0.2) is 0 Å². The van der Waals surface area contributed by atoms with Gasteiger partial charge < -0.3 is 5.32 Å². The molecule has 144 valence electrons. The maximum atomic E-state index is 6.55. The number of nitrogens with one attached hydrogen (secondary N) is 1. The second-order valence-electron chi connectivity index (χ2n) is 8.78. The van der Waals surface area contributed by atoms with Crippen molar-refractivity contribution in [3.8, 4) is 0 Å². The maximum absolute atomic E-state index is 6.55. The Labute approximate surface area is 169 Å². The van der Waals surface area contributed by atoms with Gasteiger partial charge in [0, 0.05) is 17.0 Å². The summed E-state index contributed by atoms with van der Waals surface area (Å²) in [6.07, 6.45) is 8.98. The Morgan fingerprint density at radius 3 is 2.48 bits per heavy atom. The molecule has 1 saturated carbocycles. The first-order valence-corrected chi connectivity index (χ1v) is 11.1. The zero-order valence-electron chi connectivity index (χ0n) is 16.5. The number of fused-ring (bicyclic) bond motifs is 1. The summed E-state index contributed by atoms with van der Waals surface area (Å²) in [4.78, 5) is 0. The van der Waals surface area contributed by atoms with Crippen LogP contribution in [0, 0.1) is 11.8 Å². The van der Waals surface area contributed by atoms with Crippen molar-refractivity contribution >= 4 is 11.6 Å². The number of hydrogen-bond donors (Lipinski definition) is 1. The Balaban J connectivity index is 1.51. The van der Waals surface area contributed by atoms with Gasteiger partial charge in [-0.25, -0.2) is 0 Å². The van der Waals surface area contributed by atoms with Gasteiger partial charge in [0.05, 0.1) is 0 Å². The molecule has 0 spiro atoms. The van der Waals surface area contributed by atoms with E-state index in [1.54, 1.807) is 0 Å². The van der Waals surface area contributed by atoms with E-state index < -0.39 is 0 Å². The number of halogens is 1. The zero-order chi connectivity index (χ0) is 18.6. The summed E-state index contributed by atoms with van der Waals surface area (Å²) in [5, 5.41) is 4.94. The van der Waals surface area contributed by atoms with Gasteiger partial charge in [-0.05, 0) is 73.2 Å². The lowest BCUT2D eigenvalue weighted by Crippen LogP contribution is -2.42.